The van der Waals surface area contributed by atoms with Gasteiger partial charge in [0.2, 0.25) is 0 Å². The van der Waals surface area contributed by atoms with Gasteiger partial charge in [-0.1, -0.05) is 30.3 Å². The molecule has 2 aromatic rings. The van der Waals surface area contributed by atoms with E-state index < -0.39 is 5.54 Å². The highest BCUT2D eigenvalue weighted by molar-refractivity contribution is 6.07. The second-order valence-electron chi connectivity index (χ2n) is 7.57. The summed E-state index contributed by atoms with van der Waals surface area (Å²) < 4.78 is 10.8. The van der Waals surface area contributed by atoms with E-state index in [0.717, 1.165) is 24.1 Å². The molecule has 2 aliphatic heterocycles. The second-order valence-corrected chi connectivity index (χ2v) is 7.57. The molecule has 7 nitrogen and oxygen atoms in total. The van der Waals surface area contributed by atoms with Gasteiger partial charge in [-0.3, -0.25) is 9.69 Å². The first-order valence-corrected chi connectivity index (χ1v) is 9.62. The summed E-state index contributed by atoms with van der Waals surface area (Å²) in [4.78, 5) is 29.1. The number of urea groups is 1. The summed E-state index contributed by atoms with van der Waals surface area (Å²) in [6.45, 7) is 3.39. The minimum absolute atomic E-state index is 0.230. The van der Waals surface area contributed by atoms with Crippen molar-refractivity contribution in [3.8, 4) is 11.5 Å². The molecule has 0 spiro atoms. The molecule has 0 radical (unpaired) electrons. The van der Waals surface area contributed by atoms with E-state index in [4.69, 9.17) is 9.47 Å². The van der Waals surface area contributed by atoms with Crippen LogP contribution in [0, 0.1) is 0 Å². The van der Waals surface area contributed by atoms with Gasteiger partial charge in [0.15, 0.2) is 11.5 Å². The highest BCUT2D eigenvalue weighted by Gasteiger charge is 2.49. The summed E-state index contributed by atoms with van der Waals surface area (Å²) in [5.74, 6) is 1.17. The van der Waals surface area contributed by atoms with Crippen molar-refractivity contribution in [2.45, 2.75) is 25.4 Å². The predicted molar refractivity (Wildman–Crippen MR) is 108 cm³/mol. The van der Waals surface area contributed by atoms with Crippen LogP contribution in [-0.4, -0.2) is 49.2 Å². The number of amides is 3. The summed E-state index contributed by atoms with van der Waals surface area (Å²) in [6.07, 6.45) is 0.815. The second kappa shape index (κ2) is 7.40. The van der Waals surface area contributed by atoms with Gasteiger partial charge in [-0.15, -0.1) is 0 Å². The molecule has 1 saturated heterocycles. The summed E-state index contributed by atoms with van der Waals surface area (Å²) in [5.41, 5.74) is 2.06. The van der Waals surface area contributed by atoms with E-state index in [1.54, 1.807) is 21.1 Å². The average molecular weight is 395 g/mol. The Labute approximate surface area is 170 Å². The van der Waals surface area contributed by atoms with E-state index in [2.05, 4.69) is 10.2 Å². The van der Waals surface area contributed by atoms with E-state index >= 15 is 0 Å². The van der Waals surface area contributed by atoms with E-state index in [9.17, 15) is 9.59 Å². The minimum atomic E-state index is -1.04. The molecule has 0 unspecified atom stereocenters. The lowest BCUT2D eigenvalue weighted by Gasteiger charge is -2.32. The van der Waals surface area contributed by atoms with Crippen LogP contribution in [0.2, 0.25) is 0 Å². The Bertz CT molecular complexity index is 947. The first-order chi connectivity index (χ1) is 14.0. The molecule has 4 rings (SSSR count). The minimum Gasteiger partial charge on any atom is -0.493 e. The van der Waals surface area contributed by atoms with Gasteiger partial charge < -0.3 is 14.8 Å². The number of rotatable bonds is 5. The number of hydrogen-bond acceptors (Lipinski definition) is 5. The summed E-state index contributed by atoms with van der Waals surface area (Å²) in [7, 11) is 3.24. The third-order valence-electron chi connectivity index (χ3n) is 5.76. The molecule has 3 amide bonds. The lowest BCUT2D eigenvalue weighted by Crippen LogP contribution is -2.45. The number of methoxy groups -OCH3 is 2. The van der Waals surface area contributed by atoms with Crippen molar-refractivity contribution >= 4 is 11.9 Å². The van der Waals surface area contributed by atoms with Gasteiger partial charge in [-0.2, -0.15) is 0 Å². The van der Waals surface area contributed by atoms with E-state index in [-0.39, 0.29) is 18.6 Å². The molecule has 0 bridgehead atoms. The van der Waals surface area contributed by atoms with Crippen molar-refractivity contribution in [2.75, 3.05) is 27.4 Å². The molecule has 1 N–H and O–H groups in total. The Kier molecular flexibility index (Phi) is 4.92. The molecule has 29 heavy (non-hydrogen) atoms. The molecule has 2 heterocycles. The molecule has 0 saturated carbocycles. The van der Waals surface area contributed by atoms with E-state index in [1.807, 2.05) is 42.5 Å². The van der Waals surface area contributed by atoms with Gasteiger partial charge >= 0.3 is 6.03 Å². The number of fused-ring (bicyclic) bond motifs is 1. The molecule has 2 aliphatic rings. The smallest absolute Gasteiger partial charge is 0.326 e. The maximum absolute atomic E-state index is 13.1. The van der Waals surface area contributed by atoms with Gasteiger partial charge in [-0.25, -0.2) is 9.69 Å². The SMILES string of the molecule is COc1cc2c(cc1OC)CN(CN1C(=O)N[C@@](C)(c3ccccc3)C1=O)CC2. The van der Waals surface area contributed by atoms with Crippen LogP contribution in [0.15, 0.2) is 42.5 Å². The molecule has 152 valence electrons. The molecular weight excluding hydrogens is 370 g/mol. The van der Waals surface area contributed by atoms with Crippen molar-refractivity contribution < 1.29 is 19.1 Å². The third-order valence-corrected chi connectivity index (χ3v) is 5.76. The summed E-state index contributed by atoms with van der Waals surface area (Å²) in [6, 6.07) is 13.0. The Balaban J connectivity index is 1.52. The number of nitrogens with one attached hydrogen (secondary N) is 1. The fourth-order valence-electron chi connectivity index (χ4n) is 4.05. The van der Waals surface area contributed by atoms with Crippen molar-refractivity contribution in [1.29, 1.82) is 0 Å². The largest absolute Gasteiger partial charge is 0.493 e. The van der Waals surface area contributed by atoms with Crippen LogP contribution in [0.3, 0.4) is 0 Å². The number of ether oxygens (including phenoxy) is 2. The predicted octanol–water partition coefficient (Wildman–Crippen LogP) is 2.49. The molecule has 0 aliphatic carbocycles. The summed E-state index contributed by atoms with van der Waals surface area (Å²) >= 11 is 0. The van der Waals surface area contributed by atoms with Gasteiger partial charge in [0.05, 0.1) is 20.9 Å². The first kappa shape index (κ1) is 19.3. The normalized spacial score (nSPS) is 21.7. The van der Waals surface area contributed by atoms with Gasteiger partial charge in [0.25, 0.3) is 5.91 Å². The van der Waals surface area contributed by atoms with Gasteiger partial charge in [0, 0.05) is 13.1 Å². The topological polar surface area (TPSA) is 71.1 Å². The zero-order chi connectivity index (χ0) is 20.6. The van der Waals surface area contributed by atoms with Crippen LogP contribution in [0.1, 0.15) is 23.6 Å². The highest BCUT2D eigenvalue weighted by Crippen LogP contribution is 2.34. The molecule has 1 fully saturated rings. The van der Waals surface area contributed by atoms with Crippen molar-refractivity contribution in [1.82, 2.24) is 15.1 Å². The fourth-order valence-corrected chi connectivity index (χ4v) is 4.05. The summed E-state index contributed by atoms with van der Waals surface area (Å²) in [5, 5.41) is 2.86. The van der Waals surface area contributed by atoms with Crippen LogP contribution in [0.25, 0.3) is 0 Å². The van der Waals surface area contributed by atoms with Crippen LogP contribution in [0.4, 0.5) is 4.79 Å². The molecule has 1 atom stereocenters. The monoisotopic (exact) mass is 395 g/mol. The van der Waals surface area contributed by atoms with Crippen molar-refractivity contribution in [2.24, 2.45) is 0 Å². The number of carbonyl (C=O) groups excluding carboxylic acids is 2. The lowest BCUT2D eigenvalue weighted by atomic mass is 9.92. The number of hydrogen-bond donors (Lipinski definition) is 1. The van der Waals surface area contributed by atoms with Crippen LogP contribution in [-0.2, 0) is 23.3 Å². The lowest BCUT2D eigenvalue weighted by molar-refractivity contribution is -0.132. The third kappa shape index (κ3) is 3.31. The van der Waals surface area contributed by atoms with Crippen LogP contribution >= 0.6 is 0 Å². The average Bonchev–Trinajstić information content (AvgIpc) is 2.97. The molecule has 0 aromatic heterocycles. The zero-order valence-corrected chi connectivity index (χ0v) is 16.9. The zero-order valence-electron chi connectivity index (χ0n) is 16.9. The molecular formula is C22H25N3O4. The maximum atomic E-state index is 13.1. The van der Waals surface area contributed by atoms with Crippen molar-refractivity contribution in [3.63, 3.8) is 0 Å². The van der Waals surface area contributed by atoms with Crippen LogP contribution < -0.4 is 14.8 Å². The fraction of sp³-hybridized carbons (Fsp3) is 0.364. The van der Waals surface area contributed by atoms with Gasteiger partial charge in [-0.05, 0) is 42.2 Å². The Hall–Kier alpha value is -3.06. The first-order valence-electron chi connectivity index (χ1n) is 9.62. The molecule has 7 heteroatoms. The number of benzene rings is 2. The Morgan fingerprint density at radius 1 is 1.03 bits per heavy atom. The van der Waals surface area contributed by atoms with Crippen molar-refractivity contribution in [3.05, 3.63) is 59.2 Å². The quantitative estimate of drug-likeness (QED) is 0.788. The molecule has 2 aromatic carbocycles. The highest BCUT2D eigenvalue weighted by atomic mass is 16.5. The number of carbonyl (C=O) groups is 2. The van der Waals surface area contributed by atoms with Gasteiger partial charge in [0.1, 0.15) is 5.54 Å². The van der Waals surface area contributed by atoms with E-state index in [1.165, 1.54) is 10.5 Å². The van der Waals surface area contributed by atoms with E-state index in [0.29, 0.717) is 18.0 Å². The van der Waals surface area contributed by atoms with Crippen LogP contribution in [0.5, 0.6) is 11.5 Å². The Morgan fingerprint density at radius 2 is 1.69 bits per heavy atom. The standard InChI is InChI=1S/C22H25N3O4/c1-22(17-7-5-4-6-8-17)20(26)25(21(27)23-22)14-24-10-9-15-11-18(28-2)19(29-3)12-16(15)13-24/h4-8,11-12H,9-10,13-14H2,1-3H3,(H,23,27)/t22-/m0/s1. The number of imide groups is 1. The maximum Gasteiger partial charge on any atom is 0.326 e. The Morgan fingerprint density at radius 3 is 2.34 bits per heavy atom. The number of nitrogens with zero attached hydrogens (tertiary/aromatic N) is 2.